The minimum atomic E-state index is -0.547. The van der Waals surface area contributed by atoms with Gasteiger partial charge in [0.25, 0.3) is 0 Å². The summed E-state index contributed by atoms with van der Waals surface area (Å²) in [5.74, 6) is 3.19. The zero-order chi connectivity index (χ0) is 14.0. The van der Waals surface area contributed by atoms with E-state index in [1.165, 1.54) is 0 Å². The maximum atomic E-state index is 11.6. The molecule has 0 aliphatic carbocycles. The van der Waals surface area contributed by atoms with Crippen LogP contribution in [0, 0.1) is 11.8 Å². The molecule has 0 aromatic carbocycles. The second kappa shape index (κ2) is 6.68. The molecular weight excluding hydrogens is 256 g/mol. The Balaban J connectivity index is 2.04. The van der Waals surface area contributed by atoms with Crippen LogP contribution in [-0.4, -0.2) is 51.8 Å². The summed E-state index contributed by atoms with van der Waals surface area (Å²) in [5.41, 5.74) is 0. The molecule has 0 aromatic rings. The Labute approximate surface area is 121 Å². The molecule has 2 aliphatic heterocycles. The fourth-order valence-electron chi connectivity index (χ4n) is 3.41. The third-order valence-corrected chi connectivity index (χ3v) is 6.21. The molecule has 3 nitrogen and oxygen atoms in total. The fraction of sp³-hybridized carbons (Fsp3) is 1.00. The van der Waals surface area contributed by atoms with Gasteiger partial charge in [-0.3, -0.25) is 9.11 Å². The minimum absolute atomic E-state index is 0.547. The Hall–Kier alpha value is 0.0700. The number of hydrogen-bond donors (Lipinski definition) is 1. The highest BCUT2D eigenvalue weighted by Crippen LogP contribution is 2.25. The second-order valence-electron chi connectivity index (χ2n) is 6.85. The average Bonchev–Trinajstić information content (AvgIpc) is 2.38. The first-order valence-electron chi connectivity index (χ1n) is 7.83. The number of nitrogens with one attached hydrogen (secondary N) is 1. The molecule has 2 rings (SSSR count). The highest BCUT2D eigenvalue weighted by atomic mass is 32.2. The molecule has 2 saturated heterocycles. The van der Waals surface area contributed by atoms with Gasteiger partial charge in [-0.25, -0.2) is 0 Å². The van der Waals surface area contributed by atoms with Gasteiger partial charge in [0, 0.05) is 53.5 Å². The zero-order valence-corrected chi connectivity index (χ0v) is 13.7. The topological polar surface area (TPSA) is 32.3 Å². The summed E-state index contributed by atoms with van der Waals surface area (Å²) in [5, 5.41) is 3.73. The molecule has 0 bridgehead atoms. The molecule has 0 aromatic heterocycles. The normalized spacial score (nSPS) is 38.0. The second-order valence-corrected chi connectivity index (χ2v) is 8.54. The van der Waals surface area contributed by atoms with Gasteiger partial charge in [-0.2, -0.15) is 0 Å². The largest absolute Gasteiger partial charge is 0.311 e. The summed E-state index contributed by atoms with van der Waals surface area (Å²) in [6.45, 7) is 11.5. The van der Waals surface area contributed by atoms with Crippen LogP contribution in [0.1, 0.15) is 40.5 Å². The maximum Gasteiger partial charge on any atom is 0.0249 e. The lowest BCUT2D eigenvalue weighted by molar-refractivity contribution is 0.0416. The summed E-state index contributed by atoms with van der Waals surface area (Å²) >= 11 is 0. The van der Waals surface area contributed by atoms with E-state index in [0.717, 1.165) is 37.4 Å². The van der Waals surface area contributed by atoms with Crippen molar-refractivity contribution in [1.29, 1.82) is 0 Å². The van der Waals surface area contributed by atoms with Crippen LogP contribution in [0.15, 0.2) is 0 Å². The van der Waals surface area contributed by atoms with Crippen molar-refractivity contribution in [2.24, 2.45) is 11.8 Å². The minimum Gasteiger partial charge on any atom is -0.311 e. The summed E-state index contributed by atoms with van der Waals surface area (Å²) in [4.78, 5) is 2.74. The van der Waals surface area contributed by atoms with E-state index in [1.807, 2.05) is 0 Å². The monoisotopic (exact) mass is 286 g/mol. The van der Waals surface area contributed by atoms with E-state index in [2.05, 4.69) is 37.9 Å². The standard InChI is InChI=1S/C15H30N2OS/c1-11(2)14-10-17(15(9-16-14)12(3)4)13-5-7-19(18)8-6-13/h11-16H,5-10H2,1-4H3. The molecular formula is C15H30N2OS. The highest BCUT2D eigenvalue weighted by molar-refractivity contribution is 7.85. The molecule has 0 spiro atoms. The van der Waals surface area contributed by atoms with Crippen LogP contribution in [0.25, 0.3) is 0 Å². The molecule has 2 aliphatic rings. The van der Waals surface area contributed by atoms with Gasteiger partial charge < -0.3 is 5.32 Å². The molecule has 2 fully saturated rings. The smallest absolute Gasteiger partial charge is 0.0249 e. The van der Waals surface area contributed by atoms with E-state index in [0.29, 0.717) is 30.0 Å². The van der Waals surface area contributed by atoms with Crippen molar-refractivity contribution in [2.45, 2.75) is 58.7 Å². The van der Waals surface area contributed by atoms with Gasteiger partial charge in [-0.05, 0) is 24.7 Å². The van der Waals surface area contributed by atoms with Gasteiger partial charge in [0.2, 0.25) is 0 Å². The summed E-state index contributed by atoms with van der Waals surface area (Å²) in [6.07, 6.45) is 2.25. The van der Waals surface area contributed by atoms with Gasteiger partial charge in [-0.15, -0.1) is 0 Å². The first kappa shape index (κ1) is 15.5. The van der Waals surface area contributed by atoms with Crippen LogP contribution < -0.4 is 5.32 Å². The van der Waals surface area contributed by atoms with Crippen LogP contribution in [0.5, 0.6) is 0 Å². The number of rotatable bonds is 3. The van der Waals surface area contributed by atoms with Crippen molar-refractivity contribution in [3.05, 3.63) is 0 Å². The van der Waals surface area contributed by atoms with Crippen molar-refractivity contribution in [3.8, 4) is 0 Å². The van der Waals surface area contributed by atoms with Gasteiger partial charge in [-0.1, -0.05) is 27.7 Å². The predicted molar refractivity (Wildman–Crippen MR) is 82.9 cm³/mol. The van der Waals surface area contributed by atoms with E-state index < -0.39 is 10.8 Å². The third-order valence-electron chi connectivity index (χ3n) is 4.82. The zero-order valence-electron chi connectivity index (χ0n) is 12.9. The van der Waals surface area contributed by atoms with Crippen LogP contribution in [-0.2, 0) is 10.8 Å². The van der Waals surface area contributed by atoms with Gasteiger partial charge in [0.15, 0.2) is 0 Å². The first-order valence-corrected chi connectivity index (χ1v) is 9.32. The van der Waals surface area contributed by atoms with Crippen molar-refractivity contribution in [3.63, 3.8) is 0 Å². The molecule has 4 heteroatoms. The van der Waals surface area contributed by atoms with Gasteiger partial charge in [0.05, 0.1) is 0 Å². The molecule has 2 heterocycles. The lowest BCUT2D eigenvalue weighted by atomic mass is 9.91. The Kier molecular flexibility index (Phi) is 5.44. The summed E-state index contributed by atoms with van der Waals surface area (Å²) in [7, 11) is -0.547. The molecule has 0 radical (unpaired) electrons. The first-order chi connectivity index (χ1) is 8.99. The Morgan fingerprint density at radius 3 is 2.26 bits per heavy atom. The van der Waals surface area contributed by atoms with Crippen molar-refractivity contribution >= 4 is 10.8 Å². The van der Waals surface area contributed by atoms with E-state index in [-0.39, 0.29) is 0 Å². The molecule has 19 heavy (non-hydrogen) atoms. The summed E-state index contributed by atoms with van der Waals surface area (Å²) in [6, 6.07) is 1.92. The van der Waals surface area contributed by atoms with E-state index in [1.54, 1.807) is 0 Å². The van der Waals surface area contributed by atoms with Crippen molar-refractivity contribution < 1.29 is 4.21 Å². The van der Waals surface area contributed by atoms with Gasteiger partial charge in [0.1, 0.15) is 0 Å². The van der Waals surface area contributed by atoms with Crippen LogP contribution in [0.2, 0.25) is 0 Å². The fourth-order valence-corrected chi connectivity index (χ4v) is 4.69. The van der Waals surface area contributed by atoms with E-state index in [4.69, 9.17) is 0 Å². The molecule has 1 N–H and O–H groups in total. The number of nitrogens with zero attached hydrogens (tertiary/aromatic N) is 1. The SMILES string of the molecule is CC(C)C1CN(C2CCS(=O)CC2)C(C(C)C)CN1. The quantitative estimate of drug-likeness (QED) is 0.859. The van der Waals surface area contributed by atoms with Crippen molar-refractivity contribution in [1.82, 2.24) is 10.2 Å². The molecule has 2 atom stereocenters. The average molecular weight is 286 g/mol. The number of piperazine rings is 1. The molecule has 0 saturated carbocycles. The predicted octanol–water partition coefficient (Wildman–Crippen LogP) is 1.85. The van der Waals surface area contributed by atoms with Crippen LogP contribution >= 0.6 is 0 Å². The Morgan fingerprint density at radius 2 is 1.74 bits per heavy atom. The number of hydrogen-bond acceptors (Lipinski definition) is 3. The maximum absolute atomic E-state index is 11.6. The Bertz CT molecular complexity index is 309. The van der Waals surface area contributed by atoms with Crippen molar-refractivity contribution in [2.75, 3.05) is 24.6 Å². The van der Waals surface area contributed by atoms with Crippen LogP contribution in [0.4, 0.5) is 0 Å². The third kappa shape index (κ3) is 3.79. The van der Waals surface area contributed by atoms with Gasteiger partial charge >= 0.3 is 0 Å². The lowest BCUT2D eigenvalue weighted by Gasteiger charge is -2.48. The molecule has 0 amide bonds. The van der Waals surface area contributed by atoms with E-state index >= 15 is 0 Å². The molecule has 2 unspecified atom stereocenters. The Morgan fingerprint density at radius 1 is 1.11 bits per heavy atom. The van der Waals surface area contributed by atoms with E-state index in [9.17, 15) is 4.21 Å². The molecule has 112 valence electrons. The van der Waals surface area contributed by atoms with Crippen LogP contribution in [0.3, 0.4) is 0 Å². The highest BCUT2D eigenvalue weighted by Gasteiger charge is 2.36. The summed E-state index contributed by atoms with van der Waals surface area (Å²) < 4.78 is 11.6. The lowest BCUT2D eigenvalue weighted by Crippen LogP contribution is -2.62.